The van der Waals surface area contributed by atoms with Crippen molar-refractivity contribution in [1.82, 2.24) is 0 Å². The van der Waals surface area contributed by atoms with Crippen molar-refractivity contribution in [2.75, 3.05) is 34.3 Å². The second kappa shape index (κ2) is 6.54. The molecule has 0 spiro atoms. The number of aldehydes is 1. The molecule has 0 aromatic carbocycles. The number of nitrogens with zero attached hydrogens (tertiary/aromatic N) is 1. The Morgan fingerprint density at radius 1 is 1.36 bits per heavy atom. The van der Waals surface area contributed by atoms with E-state index in [1.54, 1.807) is 0 Å². The average molecular weight is 202 g/mol. The molecule has 0 amide bonds. The molecule has 0 aliphatic heterocycles. The van der Waals surface area contributed by atoms with Gasteiger partial charge in [0.05, 0.1) is 21.1 Å². The van der Waals surface area contributed by atoms with Crippen LogP contribution in [-0.2, 0) is 14.3 Å². The molecule has 14 heavy (non-hydrogen) atoms. The second-order valence-corrected chi connectivity index (χ2v) is 4.29. The maximum Gasteiger partial charge on any atom is 0.306 e. The Bertz CT molecular complexity index is 184. The first kappa shape index (κ1) is 13.1. The molecule has 0 aliphatic rings. The molecule has 0 unspecified atom stereocenters. The first-order valence-corrected chi connectivity index (χ1v) is 4.85. The molecule has 0 fully saturated rings. The summed E-state index contributed by atoms with van der Waals surface area (Å²) in [6.07, 6.45) is 2.19. The molecule has 0 saturated heterocycles. The molecule has 0 saturated carbocycles. The molecule has 0 atom stereocenters. The number of hydrogen-bond acceptors (Lipinski definition) is 3. The van der Waals surface area contributed by atoms with E-state index < -0.39 is 0 Å². The SMILES string of the molecule is C[N+](C)(C)CCOC(=O)CCCC=O. The van der Waals surface area contributed by atoms with E-state index in [-0.39, 0.29) is 5.97 Å². The van der Waals surface area contributed by atoms with Crippen LogP contribution in [0.4, 0.5) is 0 Å². The van der Waals surface area contributed by atoms with Crippen LogP contribution >= 0.6 is 0 Å². The lowest BCUT2D eigenvalue weighted by Gasteiger charge is -2.23. The smallest absolute Gasteiger partial charge is 0.306 e. The van der Waals surface area contributed by atoms with Crippen LogP contribution in [0.3, 0.4) is 0 Å². The zero-order valence-electron chi connectivity index (χ0n) is 9.28. The highest BCUT2D eigenvalue weighted by Crippen LogP contribution is 1.96. The first-order valence-electron chi connectivity index (χ1n) is 4.85. The third kappa shape index (κ3) is 9.19. The summed E-state index contributed by atoms with van der Waals surface area (Å²) in [5, 5.41) is 0. The number of unbranched alkanes of at least 4 members (excludes halogenated alkanes) is 1. The predicted molar refractivity (Wildman–Crippen MR) is 53.8 cm³/mol. The summed E-state index contributed by atoms with van der Waals surface area (Å²) in [6, 6.07) is 0. The van der Waals surface area contributed by atoms with Crippen LogP contribution in [0.1, 0.15) is 19.3 Å². The molecule has 0 aliphatic carbocycles. The van der Waals surface area contributed by atoms with Crippen LogP contribution < -0.4 is 0 Å². The van der Waals surface area contributed by atoms with Gasteiger partial charge in [-0.15, -0.1) is 0 Å². The second-order valence-electron chi connectivity index (χ2n) is 4.29. The highest BCUT2D eigenvalue weighted by molar-refractivity contribution is 5.69. The summed E-state index contributed by atoms with van der Waals surface area (Å²) < 4.78 is 5.77. The van der Waals surface area contributed by atoms with Crippen LogP contribution in [-0.4, -0.2) is 51.0 Å². The van der Waals surface area contributed by atoms with Crippen molar-refractivity contribution in [2.24, 2.45) is 0 Å². The van der Waals surface area contributed by atoms with Crippen molar-refractivity contribution in [3.05, 3.63) is 0 Å². The lowest BCUT2D eigenvalue weighted by molar-refractivity contribution is -0.870. The van der Waals surface area contributed by atoms with Crippen molar-refractivity contribution in [3.8, 4) is 0 Å². The Morgan fingerprint density at radius 2 is 2.00 bits per heavy atom. The molecule has 82 valence electrons. The Balaban J connectivity index is 3.40. The minimum atomic E-state index is -0.208. The molecule has 4 nitrogen and oxygen atoms in total. The van der Waals surface area contributed by atoms with Gasteiger partial charge in [-0.2, -0.15) is 0 Å². The topological polar surface area (TPSA) is 43.4 Å². The fourth-order valence-corrected chi connectivity index (χ4v) is 0.835. The van der Waals surface area contributed by atoms with Gasteiger partial charge in [0.25, 0.3) is 0 Å². The van der Waals surface area contributed by atoms with E-state index in [2.05, 4.69) is 0 Å². The summed E-state index contributed by atoms with van der Waals surface area (Å²) in [7, 11) is 6.13. The van der Waals surface area contributed by atoms with E-state index in [1.165, 1.54) is 0 Å². The van der Waals surface area contributed by atoms with Gasteiger partial charge in [0.2, 0.25) is 0 Å². The van der Waals surface area contributed by atoms with Crippen molar-refractivity contribution in [2.45, 2.75) is 19.3 Å². The van der Waals surface area contributed by atoms with Crippen LogP contribution in [0.2, 0.25) is 0 Å². The van der Waals surface area contributed by atoms with Gasteiger partial charge in [-0.1, -0.05) is 0 Å². The molecule has 0 radical (unpaired) electrons. The number of hydrogen-bond donors (Lipinski definition) is 0. The van der Waals surface area contributed by atoms with Crippen molar-refractivity contribution in [3.63, 3.8) is 0 Å². The minimum Gasteiger partial charge on any atom is -0.460 e. The largest absolute Gasteiger partial charge is 0.460 e. The van der Waals surface area contributed by atoms with E-state index in [0.717, 1.165) is 17.3 Å². The number of carbonyl (C=O) groups excluding carboxylic acids is 2. The Labute approximate surface area is 85.4 Å². The van der Waals surface area contributed by atoms with Gasteiger partial charge in [0.1, 0.15) is 19.4 Å². The van der Waals surface area contributed by atoms with Gasteiger partial charge >= 0.3 is 5.97 Å². The fourth-order valence-electron chi connectivity index (χ4n) is 0.835. The maximum atomic E-state index is 11.1. The van der Waals surface area contributed by atoms with Crippen LogP contribution in [0.5, 0.6) is 0 Å². The molecular formula is C10H20NO3+. The summed E-state index contributed by atoms with van der Waals surface area (Å²) in [6.45, 7) is 1.25. The molecular weight excluding hydrogens is 182 g/mol. The zero-order chi connectivity index (χ0) is 11.0. The van der Waals surface area contributed by atoms with Crippen LogP contribution in [0, 0.1) is 0 Å². The van der Waals surface area contributed by atoms with E-state index in [0.29, 0.717) is 25.9 Å². The molecule has 0 aromatic rings. The van der Waals surface area contributed by atoms with E-state index >= 15 is 0 Å². The monoisotopic (exact) mass is 202 g/mol. The summed E-state index contributed by atoms with van der Waals surface area (Å²) in [5.41, 5.74) is 0. The highest BCUT2D eigenvalue weighted by Gasteiger charge is 2.08. The maximum absolute atomic E-state index is 11.1. The van der Waals surface area contributed by atoms with Crippen molar-refractivity contribution >= 4 is 12.3 Å². The van der Waals surface area contributed by atoms with E-state index in [4.69, 9.17) is 4.74 Å². The third-order valence-corrected chi connectivity index (χ3v) is 1.73. The van der Waals surface area contributed by atoms with Gasteiger partial charge in [-0.3, -0.25) is 4.79 Å². The van der Waals surface area contributed by atoms with Gasteiger partial charge in [-0.05, 0) is 6.42 Å². The molecule has 0 heterocycles. The highest BCUT2D eigenvalue weighted by atomic mass is 16.5. The number of carbonyl (C=O) groups is 2. The predicted octanol–water partition coefficient (Wildman–Crippen LogP) is 0.605. The van der Waals surface area contributed by atoms with Crippen molar-refractivity contribution < 1.29 is 18.8 Å². The fraction of sp³-hybridized carbons (Fsp3) is 0.800. The van der Waals surface area contributed by atoms with Gasteiger partial charge in [-0.25, -0.2) is 0 Å². The summed E-state index contributed by atoms with van der Waals surface area (Å²) in [5.74, 6) is -0.208. The first-order chi connectivity index (χ1) is 6.45. The lowest BCUT2D eigenvalue weighted by atomic mass is 10.2. The lowest BCUT2D eigenvalue weighted by Crippen LogP contribution is -2.37. The van der Waals surface area contributed by atoms with Crippen LogP contribution in [0.25, 0.3) is 0 Å². The Kier molecular flexibility index (Phi) is 6.12. The number of ether oxygens (including phenoxy) is 1. The number of quaternary nitrogens is 1. The van der Waals surface area contributed by atoms with E-state index in [1.807, 2.05) is 21.1 Å². The molecule has 4 heteroatoms. The van der Waals surface area contributed by atoms with Crippen molar-refractivity contribution in [1.29, 1.82) is 0 Å². The number of rotatable bonds is 7. The van der Waals surface area contributed by atoms with E-state index in [9.17, 15) is 9.59 Å². The zero-order valence-corrected chi connectivity index (χ0v) is 9.28. The third-order valence-electron chi connectivity index (χ3n) is 1.73. The summed E-state index contributed by atoms with van der Waals surface area (Å²) in [4.78, 5) is 21.0. The normalized spacial score (nSPS) is 11.1. The standard InChI is InChI=1S/C10H20NO3/c1-11(2,3)7-9-14-10(13)6-4-5-8-12/h8H,4-7,9H2,1-3H3/q+1. The quantitative estimate of drug-likeness (QED) is 0.263. The number of likely N-dealkylation sites (N-methyl/N-ethyl adjacent to an activating group) is 1. The number of esters is 1. The summed E-state index contributed by atoms with van der Waals surface area (Å²) >= 11 is 0. The molecule has 0 rings (SSSR count). The Morgan fingerprint density at radius 3 is 2.50 bits per heavy atom. The van der Waals surface area contributed by atoms with Gasteiger partial charge < -0.3 is 14.0 Å². The average Bonchev–Trinajstić information content (AvgIpc) is 2.02. The molecule has 0 aromatic heterocycles. The molecule has 0 N–H and O–H groups in total. The minimum absolute atomic E-state index is 0.208. The molecule has 0 bridgehead atoms. The Hall–Kier alpha value is -0.900. The van der Waals surface area contributed by atoms with Gasteiger partial charge in [0.15, 0.2) is 0 Å². The van der Waals surface area contributed by atoms with Gasteiger partial charge in [0, 0.05) is 12.8 Å². The van der Waals surface area contributed by atoms with Crippen LogP contribution in [0.15, 0.2) is 0 Å².